The minimum Gasteiger partial charge on any atom is -0.497 e. The Balaban J connectivity index is 1.08. The molecule has 8 nitrogen and oxygen atoms in total. The van der Waals surface area contributed by atoms with Gasteiger partial charge < -0.3 is 23.8 Å². The summed E-state index contributed by atoms with van der Waals surface area (Å²) in [5, 5.41) is 1.99. The van der Waals surface area contributed by atoms with Gasteiger partial charge in [0.2, 0.25) is 12.7 Å². The number of carbonyl (C=O) groups excluding carboxylic acids is 1. The molecule has 1 aromatic heterocycles. The van der Waals surface area contributed by atoms with Gasteiger partial charge in [-0.15, -0.1) is 11.3 Å². The zero-order valence-electron chi connectivity index (χ0n) is 20.4. The second-order valence-electron chi connectivity index (χ2n) is 8.64. The Bertz CT molecular complexity index is 1190. The Morgan fingerprint density at radius 1 is 1.00 bits per heavy atom. The van der Waals surface area contributed by atoms with Crippen LogP contribution in [0.5, 0.6) is 23.0 Å². The Labute approximate surface area is 219 Å². The van der Waals surface area contributed by atoms with Gasteiger partial charge >= 0.3 is 0 Å². The molecule has 36 heavy (non-hydrogen) atoms. The third kappa shape index (κ3) is 6.05. The first-order chi connectivity index (χ1) is 17.6. The summed E-state index contributed by atoms with van der Waals surface area (Å²) >= 11 is 3.23. The average Bonchev–Trinajstić information content (AvgIpc) is 3.56. The molecule has 2 aliphatic rings. The molecule has 2 aromatic carbocycles. The number of benzene rings is 2. The summed E-state index contributed by atoms with van der Waals surface area (Å²) in [5.74, 6) is 4.04. The van der Waals surface area contributed by atoms with E-state index >= 15 is 0 Å². The summed E-state index contributed by atoms with van der Waals surface area (Å²) < 4.78 is 22.5. The van der Waals surface area contributed by atoms with Crippen molar-refractivity contribution in [3.8, 4) is 23.0 Å². The number of amides is 1. The van der Waals surface area contributed by atoms with Gasteiger partial charge in [-0.1, -0.05) is 17.8 Å². The second kappa shape index (κ2) is 11.4. The molecular weight excluding hydrogens is 498 g/mol. The summed E-state index contributed by atoms with van der Waals surface area (Å²) in [4.78, 5) is 21.9. The topological polar surface area (TPSA) is 73.4 Å². The average molecular weight is 528 g/mol. The molecule has 0 radical (unpaired) electrons. The third-order valence-corrected chi connectivity index (χ3v) is 8.35. The first-order valence-electron chi connectivity index (χ1n) is 11.8. The predicted octanol–water partition coefficient (Wildman–Crippen LogP) is 4.07. The number of rotatable bonds is 9. The highest BCUT2D eigenvalue weighted by molar-refractivity contribution is 8.00. The van der Waals surface area contributed by atoms with Crippen molar-refractivity contribution in [1.29, 1.82) is 0 Å². The molecule has 0 bridgehead atoms. The number of thioether (sulfide) groups is 1. The Morgan fingerprint density at radius 2 is 1.75 bits per heavy atom. The van der Waals surface area contributed by atoms with Gasteiger partial charge in [0.25, 0.3) is 0 Å². The van der Waals surface area contributed by atoms with Crippen molar-refractivity contribution in [3.05, 3.63) is 58.6 Å². The summed E-state index contributed by atoms with van der Waals surface area (Å²) in [6.45, 7) is 4.28. The Hall–Kier alpha value is -2.95. The van der Waals surface area contributed by atoms with Gasteiger partial charge in [-0.2, -0.15) is 0 Å². The first-order valence-corrected chi connectivity index (χ1v) is 13.6. The van der Waals surface area contributed by atoms with Crippen LogP contribution < -0.4 is 18.9 Å². The molecule has 0 saturated carbocycles. The lowest BCUT2D eigenvalue weighted by molar-refractivity contribution is -0.132. The van der Waals surface area contributed by atoms with Crippen LogP contribution >= 0.6 is 23.1 Å². The fourth-order valence-corrected chi connectivity index (χ4v) is 6.03. The summed E-state index contributed by atoms with van der Waals surface area (Å²) in [5.41, 5.74) is 3.13. The molecule has 0 N–H and O–H groups in total. The number of hydrogen-bond donors (Lipinski definition) is 0. The number of thiazole rings is 1. The van der Waals surface area contributed by atoms with Gasteiger partial charge in [0.15, 0.2) is 11.5 Å². The zero-order chi connectivity index (χ0) is 24.9. The molecule has 1 amide bonds. The lowest BCUT2D eigenvalue weighted by Gasteiger charge is -2.34. The van der Waals surface area contributed by atoms with Crippen molar-refractivity contribution >= 4 is 29.0 Å². The number of methoxy groups -OCH3 is 2. The van der Waals surface area contributed by atoms with Crippen LogP contribution in [-0.2, 0) is 23.5 Å². The van der Waals surface area contributed by atoms with E-state index in [1.165, 1.54) is 5.56 Å². The first kappa shape index (κ1) is 24.7. The molecule has 1 fully saturated rings. The minimum absolute atomic E-state index is 0.136. The standard InChI is InChI=1S/C26H29N3O5S2/c1-31-21-9-19(10-22(13-21)32-2)15-35-26-27-20(16-36-26)12-25(30)29-7-5-28(6-8-29)14-18-3-4-23-24(11-18)34-17-33-23/h3-4,9-11,13,16H,5-8,12,14-15,17H2,1-2H3. The van der Waals surface area contributed by atoms with E-state index in [1.54, 1.807) is 37.3 Å². The fourth-order valence-electron chi connectivity index (χ4n) is 4.25. The highest BCUT2D eigenvalue weighted by Crippen LogP contribution is 2.33. The van der Waals surface area contributed by atoms with Crippen LogP contribution in [0.25, 0.3) is 0 Å². The maximum Gasteiger partial charge on any atom is 0.231 e. The highest BCUT2D eigenvalue weighted by atomic mass is 32.2. The quantitative estimate of drug-likeness (QED) is 0.386. The molecule has 0 spiro atoms. The maximum absolute atomic E-state index is 12.9. The van der Waals surface area contributed by atoms with E-state index in [1.807, 2.05) is 40.6 Å². The van der Waals surface area contributed by atoms with Gasteiger partial charge in [-0.05, 0) is 35.4 Å². The van der Waals surface area contributed by atoms with E-state index < -0.39 is 0 Å². The SMILES string of the molecule is COc1cc(CSc2nc(CC(=O)N3CCN(Cc4ccc5c(c4)OCO5)CC3)cs2)cc(OC)c1. The van der Waals surface area contributed by atoms with Crippen LogP contribution in [0.3, 0.4) is 0 Å². The van der Waals surface area contributed by atoms with Gasteiger partial charge in [0.1, 0.15) is 15.8 Å². The molecule has 0 unspecified atom stereocenters. The molecule has 0 atom stereocenters. The van der Waals surface area contributed by atoms with E-state index in [-0.39, 0.29) is 12.7 Å². The van der Waals surface area contributed by atoms with Gasteiger partial charge in [0.05, 0.1) is 26.3 Å². The summed E-state index contributed by atoms with van der Waals surface area (Å²) in [6, 6.07) is 11.9. The monoisotopic (exact) mass is 527 g/mol. The number of piperazine rings is 1. The molecule has 0 aliphatic carbocycles. The Morgan fingerprint density at radius 3 is 2.50 bits per heavy atom. The summed E-state index contributed by atoms with van der Waals surface area (Å²) in [7, 11) is 3.30. The van der Waals surface area contributed by atoms with E-state index in [9.17, 15) is 4.79 Å². The van der Waals surface area contributed by atoms with Crippen LogP contribution in [0.15, 0.2) is 46.1 Å². The van der Waals surface area contributed by atoms with Gasteiger partial charge in [-0.3, -0.25) is 9.69 Å². The van der Waals surface area contributed by atoms with Crippen LogP contribution in [0.1, 0.15) is 16.8 Å². The van der Waals surface area contributed by atoms with Crippen molar-refractivity contribution in [2.45, 2.75) is 23.1 Å². The van der Waals surface area contributed by atoms with E-state index in [4.69, 9.17) is 18.9 Å². The van der Waals surface area contributed by atoms with Crippen molar-refractivity contribution in [2.24, 2.45) is 0 Å². The molecule has 190 valence electrons. The van der Waals surface area contributed by atoms with Crippen molar-refractivity contribution in [3.63, 3.8) is 0 Å². The number of fused-ring (bicyclic) bond motifs is 1. The smallest absolute Gasteiger partial charge is 0.231 e. The van der Waals surface area contributed by atoms with E-state index in [0.29, 0.717) is 6.42 Å². The highest BCUT2D eigenvalue weighted by Gasteiger charge is 2.23. The molecule has 10 heteroatoms. The van der Waals surface area contributed by atoms with Crippen molar-refractivity contribution in [1.82, 2.24) is 14.8 Å². The van der Waals surface area contributed by atoms with Crippen molar-refractivity contribution < 1.29 is 23.7 Å². The number of nitrogens with zero attached hydrogens (tertiary/aromatic N) is 3. The molecule has 5 rings (SSSR count). The number of carbonyl (C=O) groups is 1. The van der Waals surface area contributed by atoms with Crippen LogP contribution in [-0.4, -0.2) is 67.9 Å². The van der Waals surface area contributed by atoms with Crippen LogP contribution in [0, 0.1) is 0 Å². The molecule has 2 aliphatic heterocycles. The van der Waals surface area contributed by atoms with Crippen molar-refractivity contribution in [2.75, 3.05) is 47.2 Å². The lowest BCUT2D eigenvalue weighted by atomic mass is 10.1. The fraction of sp³-hybridized carbons (Fsp3) is 0.385. The number of hydrogen-bond acceptors (Lipinski definition) is 9. The summed E-state index contributed by atoms with van der Waals surface area (Å²) in [6.07, 6.45) is 0.339. The van der Waals surface area contributed by atoms with E-state index in [0.717, 1.165) is 77.1 Å². The second-order valence-corrected chi connectivity index (χ2v) is 10.7. The molecule has 1 saturated heterocycles. The molecule has 3 aromatic rings. The normalized spacial score (nSPS) is 15.2. The van der Waals surface area contributed by atoms with Crippen LogP contribution in [0.2, 0.25) is 0 Å². The zero-order valence-corrected chi connectivity index (χ0v) is 22.0. The maximum atomic E-state index is 12.9. The van der Waals surface area contributed by atoms with Crippen LogP contribution in [0.4, 0.5) is 0 Å². The third-order valence-electron chi connectivity index (χ3n) is 6.20. The molecular formula is C26H29N3O5S2. The Kier molecular flexibility index (Phi) is 7.84. The predicted molar refractivity (Wildman–Crippen MR) is 139 cm³/mol. The number of aromatic nitrogens is 1. The largest absolute Gasteiger partial charge is 0.497 e. The molecule has 3 heterocycles. The van der Waals surface area contributed by atoms with Gasteiger partial charge in [0, 0.05) is 49.9 Å². The van der Waals surface area contributed by atoms with Gasteiger partial charge in [-0.25, -0.2) is 4.98 Å². The van der Waals surface area contributed by atoms with E-state index in [2.05, 4.69) is 16.0 Å². The number of ether oxygens (including phenoxy) is 4. The minimum atomic E-state index is 0.136. The lowest BCUT2D eigenvalue weighted by Crippen LogP contribution is -2.48.